The highest BCUT2D eigenvalue weighted by Gasteiger charge is 2.15. The second-order valence-electron chi connectivity index (χ2n) is 5.98. The largest absolute Gasteiger partial charge is 0.368 e. The van der Waals surface area contributed by atoms with Crippen LogP contribution in [-0.4, -0.2) is 18.5 Å². The summed E-state index contributed by atoms with van der Waals surface area (Å²) in [6.45, 7) is 2.20. The molecule has 0 aromatic carbocycles. The first-order valence-electron chi connectivity index (χ1n) is 8.47. The fourth-order valence-corrected chi connectivity index (χ4v) is 2.97. The summed E-state index contributed by atoms with van der Waals surface area (Å²) in [4.78, 5) is 11.1. The molecule has 2 atom stereocenters. The molecular formula is C17H32O2. The minimum atomic E-state index is -0.153. The van der Waals surface area contributed by atoms with Crippen LogP contribution in [0.2, 0.25) is 0 Å². The van der Waals surface area contributed by atoms with E-state index in [-0.39, 0.29) is 6.10 Å². The van der Waals surface area contributed by atoms with Crippen molar-refractivity contribution in [1.82, 2.24) is 0 Å². The predicted octanol–water partition coefficient (Wildman–Crippen LogP) is 5.04. The molecule has 0 amide bonds. The fraction of sp³-hybridized carbons (Fsp3) is 0.941. The zero-order valence-corrected chi connectivity index (χ0v) is 12.7. The first-order chi connectivity index (χ1) is 9.36. The van der Waals surface area contributed by atoms with Crippen LogP contribution in [0.15, 0.2) is 0 Å². The maximum Gasteiger partial charge on any atom is 0.148 e. The van der Waals surface area contributed by atoms with Gasteiger partial charge in [-0.25, -0.2) is 0 Å². The lowest BCUT2D eigenvalue weighted by atomic mass is 10.0. The Morgan fingerprint density at radius 3 is 1.95 bits per heavy atom. The molecule has 0 aromatic heterocycles. The molecule has 0 spiro atoms. The van der Waals surface area contributed by atoms with Crippen LogP contribution >= 0.6 is 0 Å². The van der Waals surface area contributed by atoms with Gasteiger partial charge in [-0.3, -0.25) is 0 Å². The van der Waals surface area contributed by atoms with Crippen molar-refractivity contribution in [2.75, 3.05) is 0 Å². The maximum atomic E-state index is 11.1. The summed E-state index contributed by atoms with van der Waals surface area (Å²) in [6, 6.07) is 0. The SMILES string of the molecule is CCCC1CCCCCCCCCCCC(C=O)O1. The lowest BCUT2D eigenvalue weighted by molar-refractivity contribution is -0.123. The van der Waals surface area contributed by atoms with Gasteiger partial charge in [0.2, 0.25) is 0 Å². The van der Waals surface area contributed by atoms with Gasteiger partial charge in [-0.15, -0.1) is 0 Å². The van der Waals surface area contributed by atoms with Gasteiger partial charge in [0, 0.05) is 0 Å². The fourth-order valence-electron chi connectivity index (χ4n) is 2.97. The molecule has 19 heavy (non-hydrogen) atoms. The average Bonchev–Trinajstić information content (AvgIpc) is 2.42. The lowest BCUT2D eigenvalue weighted by Gasteiger charge is -2.22. The standard InChI is InChI=1S/C17H32O2/c1-2-12-16-13-10-8-6-4-3-5-7-9-11-14-17(15-18)19-16/h15-17H,2-14H2,1H3. The molecule has 1 fully saturated rings. The van der Waals surface area contributed by atoms with E-state index in [4.69, 9.17) is 4.74 Å². The number of rotatable bonds is 3. The van der Waals surface area contributed by atoms with E-state index in [1.165, 1.54) is 51.4 Å². The topological polar surface area (TPSA) is 26.3 Å². The maximum absolute atomic E-state index is 11.1. The number of hydrogen-bond acceptors (Lipinski definition) is 2. The van der Waals surface area contributed by atoms with Crippen molar-refractivity contribution in [3.63, 3.8) is 0 Å². The smallest absolute Gasteiger partial charge is 0.148 e. The van der Waals surface area contributed by atoms with Gasteiger partial charge in [-0.05, 0) is 19.3 Å². The molecule has 1 rings (SSSR count). The summed E-state index contributed by atoms with van der Waals surface area (Å²) in [7, 11) is 0. The third-order valence-corrected chi connectivity index (χ3v) is 4.14. The minimum absolute atomic E-state index is 0.153. The second kappa shape index (κ2) is 11.5. The van der Waals surface area contributed by atoms with E-state index in [2.05, 4.69) is 6.92 Å². The highest BCUT2D eigenvalue weighted by Crippen LogP contribution is 2.19. The van der Waals surface area contributed by atoms with Crippen LogP contribution in [0.1, 0.15) is 90.4 Å². The Balaban J connectivity index is 2.40. The molecule has 112 valence electrons. The van der Waals surface area contributed by atoms with Crippen molar-refractivity contribution in [3.8, 4) is 0 Å². The summed E-state index contributed by atoms with van der Waals surface area (Å²) in [5, 5.41) is 0. The Bertz CT molecular complexity index is 215. The predicted molar refractivity (Wildman–Crippen MR) is 80.4 cm³/mol. The van der Waals surface area contributed by atoms with E-state index >= 15 is 0 Å². The number of carbonyl (C=O) groups excluding carboxylic acids is 1. The van der Waals surface area contributed by atoms with Crippen molar-refractivity contribution in [3.05, 3.63) is 0 Å². The molecule has 0 radical (unpaired) electrons. The van der Waals surface area contributed by atoms with Crippen LogP contribution in [0.5, 0.6) is 0 Å². The van der Waals surface area contributed by atoms with Crippen molar-refractivity contribution in [2.45, 2.75) is 103 Å². The van der Waals surface area contributed by atoms with Gasteiger partial charge in [0.25, 0.3) is 0 Å². The monoisotopic (exact) mass is 268 g/mol. The van der Waals surface area contributed by atoms with Gasteiger partial charge >= 0.3 is 0 Å². The molecule has 2 heteroatoms. The van der Waals surface area contributed by atoms with E-state index in [1.807, 2.05) is 0 Å². The van der Waals surface area contributed by atoms with Crippen LogP contribution in [0, 0.1) is 0 Å². The van der Waals surface area contributed by atoms with Gasteiger partial charge in [-0.2, -0.15) is 0 Å². The molecule has 2 nitrogen and oxygen atoms in total. The first-order valence-corrected chi connectivity index (χ1v) is 8.47. The molecule has 0 saturated carbocycles. The van der Waals surface area contributed by atoms with Gasteiger partial charge in [0.05, 0.1) is 6.10 Å². The van der Waals surface area contributed by atoms with E-state index in [0.717, 1.165) is 38.4 Å². The summed E-state index contributed by atoms with van der Waals surface area (Å²) >= 11 is 0. The van der Waals surface area contributed by atoms with E-state index in [0.29, 0.717) is 6.10 Å². The number of ether oxygens (including phenoxy) is 1. The van der Waals surface area contributed by atoms with E-state index in [9.17, 15) is 4.79 Å². The molecule has 1 aliphatic heterocycles. The van der Waals surface area contributed by atoms with Gasteiger partial charge in [0.1, 0.15) is 12.4 Å². The molecule has 0 aliphatic carbocycles. The van der Waals surface area contributed by atoms with Crippen LogP contribution in [0.3, 0.4) is 0 Å². The summed E-state index contributed by atoms with van der Waals surface area (Å²) < 4.78 is 6.02. The first kappa shape index (κ1) is 16.7. The lowest BCUT2D eigenvalue weighted by Crippen LogP contribution is -2.23. The Morgan fingerprint density at radius 1 is 0.895 bits per heavy atom. The molecule has 0 bridgehead atoms. The average molecular weight is 268 g/mol. The van der Waals surface area contributed by atoms with Gasteiger partial charge < -0.3 is 9.53 Å². The molecule has 2 unspecified atom stereocenters. The Labute approximate surface area is 119 Å². The molecule has 1 aliphatic rings. The zero-order chi connectivity index (χ0) is 13.8. The molecular weight excluding hydrogens is 236 g/mol. The van der Waals surface area contributed by atoms with Crippen LogP contribution < -0.4 is 0 Å². The highest BCUT2D eigenvalue weighted by atomic mass is 16.5. The van der Waals surface area contributed by atoms with Crippen LogP contribution in [-0.2, 0) is 9.53 Å². The van der Waals surface area contributed by atoms with Gasteiger partial charge in [-0.1, -0.05) is 71.1 Å². The molecule has 0 aromatic rings. The summed E-state index contributed by atoms with van der Waals surface area (Å²) in [5.41, 5.74) is 0. The second-order valence-corrected chi connectivity index (χ2v) is 5.98. The molecule has 0 N–H and O–H groups in total. The van der Waals surface area contributed by atoms with Crippen molar-refractivity contribution in [1.29, 1.82) is 0 Å². The number of carbonyl (C=O) groups is 1. The summed E-state index contributed by atoms with van der Waals surface area (Å²) in [6.07, 6.45) is 17.3. The van der Waals surface area contributed by atoms with E-state index < -0.39 is 0 Å². The normalized spacial score (nSPS) is 28.5. The van der Waals surface area contributed by atoms with Crippen LogP contribution in [0.25, 0.3) is 0 Å². The van der Waals surface area contributed by atoms with Crippen molar-refractivity contribution >= 4 is 6.29 Å². The quantitative estimate of drug-likeness (QED) is 0.670. The Hall–Kier alpha value is -0.370. The molecule has 1 heterocycles. The van der Waals surface area contributed by atoms with E-state index in [1.54, 1.807) is 0 Å². The number of aldehydes is 1. The van der Waals surface area contributed by atoms with Crippen molar-refractivity contribution < 1.29 is 9.53 Å². The van der Waals surface area contributed by atoms with Gasteiger partial charge in [0.15, 0.2) is 0 Å². The number of hydrogen-bond donors (Lipinski definition) is 0. The Morgan fingerprint density at radius 2 is 1.42 bits per heavy atom. The Kier molecular flexibility index (Phi) is 10.1. The van der Waals surface area contributed by atoms with Crippen LogP contribution in [0.4, 0.5) is 0 Å². The third kappa shape index (κ3) is 8.41. The summed E-state index contributed by atoms with van der Waals surface area (Å²) in [5.74, 6) is 0. The highest BCUT2D eigenvalue weighted by molar-refractivity contribution is 5.55. The molecule has 1 saturated heterocycles. The minimum Gasteiger partial charge on any atom is -0.368 e. The zero-order valence-electron chi connectivity index (χ0n) is 12.7. The third-order valence-electron chi connectivity index (χ3n) is 4.14. The van der Waals surface area contributed by atoms with Crippen molar-refractivity contribution in [2.24, 2.45) is 0 Å².